The van der Waals surface area contributed by atoms with Gasteiger partial charge in [-0.1, -0.05) is 13.8 Å². The van der Waals surface area contributed by atoms with Gasteiger partial charge in [-0.05, 0) is 19.8 Å². The maximum absolute atomic E-state index is 5.73. The molecule has 90 valence electrons. The molecule has 1 fully saturated rings. The van der Waals surface area contributed by atoms with Gasteiger partial charge in [0.15, 0.2) is 5.13 Å². The first kappa shape index (κ1) is 11.9. The standard InChI is InChI=1S/C12H20N2OS/c1-8(2)11-7-16-12(13-11)14-5-9(3)15-10(4)6-14/h7-10H,5-6H2,1-4H3. The molecule has 1 saturated heterocycles. The van der Waals surface area contributed by atoms with Gasteiger partial charge in [0, 0.05) is 18.5 Å². The highest BCUT2D eigenvalue weighted by atomic mass is 32.1. The molecule has 3 nitrogen and oxygen atoms in total. The van der Waals surface area contributed by atoms with E-state index in [1.165, 1.54) is 5.69 Å². The van der Waals surface area contributed by atoms with Crippen molar-refractivity contribution in [2.75, 3.05) is 18.0 Å². The minimum absolute atomic E-state index is 0.301. The number of hydrogen-bond donors (Lipinski definition) is 0. The van der Waals surface area contributed by atoms with Gasteiger partial charge in [0.05, 0.1) is 17.9 Å². The van der Waals surface area contributed by atoms with E-state index in [-0.39, 0.29) is 0 Å². The first-order valence-corrected chi connectivity index (χ1v) is 6.80. The van der Waals surface area contributed by atoms with Crippen molar-refractivity contribution in [2.45, 2.75) is 45.8 Å². The van der Waals surface area contributed by atoms with Crippen LogP contribution in [0.3, 0.4) is 0 Å². The molecule has 1 aliphatic heterocycles. The fraction of sp³-hybridized carbons (Fsp3) is 0.750. The van der Waals surface area contributed by atoms with E-state index in [1.807, 2.05) is 0 Å². The fourth-order valence-corrected chi connectivity index (χ4v) is 3.03. The lowest BCUT2D eigenvalue weighted by molar-refractivity contribution is -0.00523. The van der Waals surface area contributed by atoms with Gasteiger partial charge in [-0.15, -0.1) is 11.3 Å². The molecule has 0 amide bonds. The Hall–Kier alpha value is -0.610. The Bertz CT molecular complexity index is 341. The Morgan fingerprint density at radius 1 is 1.38 bits per heavy atom. The lowest BCUT2D eigenvalue weighted by atomic mass is 10.2. The zero-order valence-corrected chi connectivity index (χ0v) is 11.3. The molecular weight excluding hydrogens is 220 g/mol. The van der Waals surface area contributed by atoms with Crippen molar-refractivity contribution >= 4 is 16.5 Å². The summed E-state index contributed by atoms with van der Waals surface area (Å²) in [4.78, 5) is 7.03. The minimum atomic E-state index is 0.301. The molecule has 1 aromatic rings. The zero-order valence-electron chi connectivity index (χ0n) is 10.4. The van der Waals surface area contributed by atoms with Crippen molar-refractivity contribution in [3.05, 3.63) is 11.1 Å². The van der Waals surface area contributed by atoms with E-state index in [0.29, 0.717) is 18.1 Å². The Morgan fingerprint density at radius 3 is 2.50 bits per heavy atom. The summed E-state index contributed by atoms with van der Waals surface area (Å²) in [7, 11) is 0. The van der Waals surface area contributed by atoms with Crippen LogP contribution in [0.5, 0.6) is 0 Å². The predicted octanol–water partition coefficient (Wildman–Crippen LogP) is 2.88. The number of rotatable bonds is 2. The highest BCUT2D eigenvalue weighted by Crippen LogP contribution is 2.27. The van der Waals surface area contributed by atoms with Crippen LogP contribution in [0.2, 0.25) is 0 Å². The van der Waals surface area contributed by atoms with Gasteiger partial charge in [0.2, 0.25) is 0 Å². The monoisotopic (exact) mass is 240 g/mol. The van der Waals surface area contributed by atoms with Gasteiger partial charge >= 0.3 is 0 Å². The molecule has 0 saturated carbocycles. The third kappa shape index (κ3) is 2.55. The van der Waals surface area contributed by atoms with Crippen LogP contribution in [0.4, 0.5) is 5.13 Å². The van der Waals surface area contributed by atoms with Crippen LogP contribution in [0.1, 0.15) is 39.3 Å². The maximum atomic E-state index is 5.73. The second-order valence-electron chi connectivity index (χ2n) is 4.87. The normalized spacial score (nSPS) is 26.4. The van der Waals surface area contributed by atoms with E-state index in [1.54, 1.807) is 11.3 Å². The number of aromatic nitrogens is 1. The van der Waals surface area contributed by atoms with Crippen molar-refractivity contribution in [1.82, 2.24) is 4.98 Å². The van der Waals surface area contributed by atoms with E-state index in [4.69, 9.17) is 9.72 Å². The molecule has 2 atom stereocenters. The molecule has 0 spiro atoms. The van der Waals surface area contributed by atoms with Crippen LogP contribution in [-0.4, -0.2) is 30.3 Å². The summed E-state index contributed by atoms with van der Waals surface area (Å²) in [6.45, 7) is 10.5. The van der Waals surface area contributed by atoms with Gasteiger partial charge in [-0.25, -0.2) is 4.98 Å². The summed E-state index contributed by atoms with van der Waals surface area (Å²) in [6, 6.07) is 0. The second kappa shape index (κ2) is 4.72. The average molecular weight is 240 g/mol. The van der Waals surface area contributed by atoms with Gasteiger partial charge in [-0.3, -0.25) is 0 Å². The Kier molecular flexibility index (Phi) is 3.50. The highest BCUT2D eigenvalue weighted by molar-refractivity contribution is 7.13. The minimum Gasteiger partial charge on any atom is -0.372 e. The molecule has 2 unspecified atom stereocenters. The van der Waals surface area contributed by atoms with E-state index in [2.05, 4.69) is 38.0 Å². The smallest absolute Gasteiger partial charge is 0.185 e. The highest BCUT2D eigenvalue weighted by Gasteiger charge is 2.24. The third-order valence-electron chi connectivity index (χ3n) is 2.79. The zero-order chi connectivity index (χ0) is 11.7. The third-order valence-corrected chi connectivity index (χ3v) is 3.71. The molecule has 2 rings (SSSR count). The predicted molar refractivity (Wildman–Crippen MR) is 68.4 cm³/mol. The number of hydrogen-bond acceptors (Lipinski definition) is 4. The summed E-state index contributed by atoms with van der Waals surface area (Å²) in [5.41, 5.74) is 1.20. The molecule has 1 aliphatic rings. The summed E-state index contributed by atoms with van der Waals surface area (Å²) in [5, 5.41) is 3.32. The summed E-state index contributed by atoms with van der Waals surface area (Å²) in [5.74, 6) is 0.515. The van der Waals surface area contributed by atoms with Crippen LogP contribution in [0.25, 0.3) is 0 Å². The molecule has 4 heteroatoms. The lowest BCUT2D eigenvalue weighted by Crippen LogP contribution is -2.45. The Morgan fingerprint density at radius 2 is 2.00 bits per heavy atom. The quantitative estimate of drug-likeness (QED) is 0.795. The number of anilines is 1. The molecule has 16 heavy (non-hydrogen) atoms. The second-order valence-corrected chi connectivity index (χ2v) is 5.71. The maximum Gasteiger partial charge on any atom is 0.185 e. The van der Waals surface area contributed by atoms with Crippen molar-refractivity contribution < 1.29 is 4.74 Å². The molecule has 0 aliphatic carbocycles. The average Bonchev–Trinajstić information content (AvgIpc) is 2.64. The van der Waals surface area contributed by atoms with Gasteiger partial charge in [0.1, 0.15) is 0 Å². The fourth-order valence-electron chi connectivity index (χ4n) is 2.02. The molecular formula is C12H20N2OS. The largest absolute Gasteiger partial charge is 0.372 e. The SMILES string of the molecule is CC1CN(c2nc(C(C)C)cs2)CC(C)O1. The van der Waals surface area contributed by atoms with Crippen molar-refractivity contribution in [1.29, 1.82) is 0 Å². The van der Waals surface area contributed by atoms with Crippen molar-refractivity contribution in [2.24, 2.45) is 0 Å². The topological polar surface area (TPSA) is 25.4 Å². The number of morpholine rings is 1. The summed E-state index contributed by atoms with van der Waals surface area (Å²) in [6.07, 6.45) is 0.602. The first-order valence-electron chi connectivity index (χ1n) is 5.92. The molecule has 1 aromatic heterocycles. The van der Waals surface area contributed by atoms with Crippen LogP contribution in [0.15, 0.2) is 5.38 Å². The number of thiazole rings is 1. The molecule has 0 N–H and O–H groups in total. The van der Waals surface area contributed by atoms with Gasteiger partial charge < -0.3 is 9.64 Å². The first-order chi connectivity index (χ1) is 7.56. The molecule has 0 bridgehead atoms. The van der Waals surface area contributed by atoms with E-state index in [0.717, 1.165) is 18.2 Å². The Balaban J connectivity index is 2.10. The van der Waals surface area contributed by atoms with E-state index >= 15 is 0 Å². The summed E-state index contributed by atoms with van der Waals surface area (Å²) >= 11 is 1.75. The van der Waals surface area contributed by atoms with Crippen LogP contribution in [0, 0.1) is 0 Å². The van der Waals surface area contributed by atoms with Gasteiger partial charge in [-0.2, -0.15) is 0 Å². The lowest BCUT2D eigenvalue weighted by Gasteiger charge is -2.35. The molecule has 2 heterocycles. The van der Waals surface area contributed by atoms with Crippen LogP contribution >= 0.6 is 11.3 Å². The van der Waals surface area contributed by atoms with Crippen molar-refractivity contribution in [3.63, 3.8) is 0 Å². The van der Waals surface area contributed by atoms with Gasteiger partial charge in [0.25, 0.3) is 0 Å². The van der Waals surface area contributed by atoms with Crippen LogP contribution in [-0.2, 0) is 4.74 Å². The van der Waals surface area contributed by atoms with E-state index in [9.17, 15) is 0 Å². The van der Waals surface area contributed by atoms with E-state index < -0.39 is 0 Å². The van der Waals surface area contributed by atoms with Crippen LogP contribution < -0.4 is 4.90 Å². The molecule has 0 aromatic carbocycles. The Labute approximate surface area is 101 Å². The summed E-state index contributed by atoms with van der Waals surface area (Å²) < 4.78 is 5.73. The van der Waals surface area contributed by atoms with Crippen molar-refractivity contribution in [3.8, 4) is 0 Å². The molecule has 0 radical (unpaired) electrons. The number of ether oxygens (including phenoxy) is 1. The number of nitrogens with zero attached hydrogens (tertiary/aromatic N) is 2.